The second-order valence-electron chi connectivity index (χ2n) is 2.73. The van der Waals surface area contributed by atoms with Crippen molar-refractivity contribution in [1.29, 1.82) is 0 Å². The van der Waals surface area contributed by atoms with Crippen LogP contribution in [0.15, 0.2) is 0 Å². The molecule has 0 saturated carbocycles. The lowest BCUT2D eigenvalue weighted by Gasteiger charge is -2.13. The minimum atomic E-state index is 0.511. The molecule has 0 amide bonds. The standard InChI is InChI=1S/C8H20N2S/c1-3-5-8(10-9)7-11-6-4-2/h8,10H,3-7,9H2,1-2H3. The lowest BCUT2D eigenvalue weighted by atomic mass is 10.2. The van der Waals surface area contributed by atoms with Crippen molar-refractivity contribution in [2.75, 3.05) is 11.5 Å². The smallest absolute Gasteiger partial charge is 0.0301 e. The van der Waals surface area contributed by atoms with E-state index in [1.807, 2.05) is 11.8 Å². The molecule has 0 saturated heterocycles. The van der Waals surface area contributed by atoms with Crippen LogP contribution in [0, 0.1) is 0 Å². The van der Waals surface area contributed by atoms with E-state index in [4.69, 9.17) is 5.84 Å². The third-order valence-electron chi connectivity index (χ3n) is 1.54. The molecule has 68 valence electrons. The Morgan fingerprint density at radius 3 is 2.55 bits per heavy atom. The lowest BCUT2D eigenvalue weighted by Crippen LogP contribution is -2.36. The Morgan fingerprint density at radius 2 is 2.09 bits per heavy atom. The van der Waals surface area contributed by atoms with Crippen molar-refractivity contribution in [3.8, 4) is 0 Å². The van der Waals surface area contributed by atoms with E-state index in [-0.39, 0.29) is 0 Å². The molecule has 1 unspecified atom stereocenters. The second-order valence-corrected chi connectivity index (χ2v) is 3.88. The van der Waals surface area contributed by atoms with Crippen LogP contribution in [-0.2, 0) is 0 Å². The molecule has 0 aromatic rings. The topological polar surface area (TPSA) is 38.0 Å². The largest absolute Gasteiger partial charge is 0.271 e. The molecule has 0 aliphatic carbocycles. The van der Waals surface area contributed by atoms with Crippen LogP contribution >= 0.6 is 11.8 Å². The fourth-order valence-corrected chi connectivity index (χ4v) is 1.94. The van der Waals surface area contributed by atoms with Gasteiger partial charge in [0, 0.05) is 11.8 Å². The first-order valence-corrected chi connectivity index (χ1v) is 5.54. The average Bonchev–Trinajstić information content (AvgIpc) is 2.03. The summed E-state index contributed by atoms with van der Waals surface area (Å²) < 4.78 is 0. The van der Waals surface area contributed by atoms with E-state index in [9.17, 15) is 0 Å². The van der Waals surface area contributed by atoms with Gasteiger partial charge in [0.25, 0.3) is 0 Å². The number of thioether (sulfide) groups is 1. The van der Waals surface area contributed by atoms with Crippen LogP contribution in [0.5, 0.6) is 0 Å². The molecule has 0 radical (unpaired) electrons. The van der Waals surface area contributed by atoms with E-state index in [2.05, 4.69) is 19.3 Å². The maximum absolute atomic E-state index is 5.38. The van der Waals surface area contributed by atoms with Crippen LogP contribution in [0.3, 0.4) is 0 Å². The molecule has 0 bridgehead atoms. The Labute approximate surface area is 74.3 Å². The SMILES string of the molecule is CCCSCC(CCC)NN. The quantitative estimate of drug-likeness (QED) is 0.353. The summed E-state index contributed by atoms with van der Waals surface area (Å²) in [7, 11) is 0. The van der Waals surface area contributed by atoms with Crippen molar-refractivity contribution in [1.82, 2.24) is 5.43 Å². The normalized spacial score (nSPS) is 13.4. The molecular formula is C8H20N2S. The molecule has 2 nitrogen and oxygen atoms in total. The highest BCUT2D eigenvalue weighted by Gasteiger charge is 2.03. The lowest BCUT2D eigenvalue weighted by molar-refractivity contribution is 0.532. The van der Waals surface area contributed by atoms with Gasteiger partial charge < -0.3 is 0 Å². The van der Waals surface area contributed by atoms with Crippen molar-refractivity contribution >= 4 is 11.8 Å². The van der Waals surface area contributed by atoms with Crippen LogP contribution < -0.4 is 11.3 Å². The van der Waals surface area contributed by atoms with Gasteiger partial charge in [0.2, 0.25) is 0 Å². The summed E-state index contributed by atoms with van der Waals surface area (Å²) in [5.41, 5.74) is 2.84. The first-order valence-electron chi connectivity index (χ1n) is 4.39. The van der Waals surface area contributed by atoms with Gasteiger partial charge in [0.05, 0.1) is 0 Å². The van der Waals surface area contributed by atoms with E-state index >= 15 is 0 Å². The van der Waals surface area contributed by atoms with Crippen molar-refractivity contribution in [3.05, 3.63) is 0 Å². The van der Waals surface area contributed by atoms with Crippen molar-refractivity contribution < 1.29 is 0 Å². The highest BCUT2D eigenvalue weighted by Crippen LogP contribution is 2.07. The fraction of sp³-hybridized carbons (Fsp3) is 1.00. The Bertz CT molecular complexity index is 78.5. The van der Waals surface area contributed by atoms with Crippen LogP contribution in [-0.4, -0.2) is 17.5 Å². The van der Waals surface area contributed by atoms with Gasteiger partial charge in [-0.3, -0.25) is 11.3 Å². The van der Waals surface area contributed by atoms with Gasteiger partial charge >= 0.3 is 0 Å². The minimum Gasteiger partial charge on any atom is -0.271 e. The molecule has 0 aromatic carbocycles. The molecule has 0 spiro atoms. The minimum absolute atomic E-state index is 0.511. The van der Waals surface area contributed by atoms with Gasteiger partial charge in [-0.1, -0.05) is 20.3 Å². The summed E-state index contributed by atoms with van der Waals surface area (Å²) in [4.78, 5) is 0. The number of hydrogen-bond donors (Lipinski definition) is 2. The van der Waals surface area contributed by atoms with E-state index in [0.29, 0.717) is 6.04 Å². The van der Waals surface area contributed by atoms with E-state index in [1.54, 1.807) is 0 Å². The summed E-state index contributed by atoms with van der Waals surface area (Å²) in [6.07, 6.45) is 3.66. The van der Waals surface area contributed by atoms with Crippen LogP contribution in [0.2, 0.25) is 0 Å². The second kappa shape index (κ2) is 8.37. The highest BCUT2D eigenvalue weighted by molar-refractivity contribution is 7.99. The molecular weight excluding hydrogens is 156 g/mol. The Hall–Kier alpha value is 0.270. The number of rotatable bonds is 7. The molecule has 11 heavy (non-hydrogen) atoms. The Morgan fingerprint density at radius 1 is 1.36 bits per heavy atom. The molecule has 0 heterocycles. The van der Waals surface area contributed by atoms with Crippen LogP contribution in [0.4, 0.5) is 0 Å². The molecule has 1 atom stereocenters. The molecule has 3 heteroatoms. The Kier molecular flexibility index (Phi) is 8.57. The predicted molar refractivity (Wildman–Crippen MR) is 53.6 cm³/mol. The third-order valence-corrected chi connectivity index (χ3v) is 2.88. The summed E-state index contributed by atoms with van der Waals surface area (Å²) >= 11 is 1.98. The maximum atomic E-state index is 5.38. The maximum Gasteiger partial charge on any atom is 0.0301 e. The molecule has 0 rings (SSSR count). The first-order chi connectivity index (χ1) is 5.35. The number of nitrogens with two attached hydrogens (primary N) is 1. The molecule has 0 aliphatic heterocycles. The van der Waals surface area contributed by atoms with Gasteiger partial charge in [-0.2, -0.15) is 11.8 Å². The van der Waals surface area contributed by atoms with Gasteiger partial charge in [-0.05, 0) is 18.6 Å². The summed E-state index contributed by atoms with van der Waals surface area (Å²) in [5.74, 6) is 7.78. The molecule has 0 aliphatic rings. The monoisotopic (exact) mass is 176 g/mol. The number of hydrazine groups is 1. The van der Waals surface area contributed by atoms with Gasteiger partial charge in [-0.15, -0.1) is 0 Å². The van der Waals surface area contributed by atoms with Crippen LogP contribution in [0.25, 0.3) is 0 Å². The zero-order valence-corrected chi connectivity index (χ0v) is 8.41. The van der Waals surface area contributed by atoms with E-state index in [1.165, 1.54) is 25.0 Å². The fourth-order valence-electron chi connectivity index (χ4n) is 0.933. The van der Waals surface area contributed by atoms with Crippen molar-refractivity contribution in [2.24, 2.45) is 5.84 Å². The molecule has 3 N–H and O–H groups in total. The summed E-state index contributed by atoms with van der Waals surface area (Å²) in [6, 6.07) is 0.511. The molecule has 0 fully saturated rings. The average molecular weight is 176 g/mol. The van der Waals surface area contributed by atoms with Gasteiger partial charge in [-0.25, -0.2) is 0 Å². The third kappa shape index (κ3) is 6.66. The van der Waals surface area contributed by atoms with E-state index in [0.717, 1.165) is 5.75 Å². The van der Waals surface area contributed by atoms with Crippen molar-refractivity contribution in [2.45, 2.75) is 39.2 Å². The predicted octanol–water partition coefficient (Wildman–Crippen LogP) is 1.76. The first kappa shape index (κ1) is 11.3. The highest BCUT2D eigenvalue weighted by atomic mass is 32.2. The number of hydrogen-bond acceptors (Lipinski definition) is 3. The summed E-state index contributed by atoms with van der Waals surface area (Å²) in [6.45, 7) is 4.40. The molecule has 0 aromatic heterocycles. The zero-order valence-electron chi connectivity index (χ0n) is 7.60. The van der Waals surface area contributed by atoms with E-state index < -0.39 is 0 Å². The van der Waals surface area contributed by atoms with Gasteiger partial charge in [0.15, 0.2) is 0 Å². The van der Waals surface area contributed by atoms with Gasteiger partial charge in [0.1, 0.15) is 0 Å². The zero-order chi connectivity index (χ0) is 8.53. The Balaban J connectivity index is 3.20. The van der Waals surface area contributed by atoms with Crippen molar-refractivity contribution in [3.63, 3.8) is 0 Å². The number of nitrogens with one attached hydrogen (secondary N) is 1. The summed E-state index contributed by atoms with van der Waals surface area (Å²) in [5, 5.41) is 0. The van der Waals surface area contributed by atoms with Crippen LogP contribution in [0.1, 0.15) is 33.1 Å².